The van der Waals surface area contributed by atoms with Crippen LogP contribution in [0.25, 0.3) is 27.1 Å². The fourth-order valence-corrected chi connectivity index (χ4v) is 3.50. The molecule has 23 heavy (non-hydrogen) atoms. The summed E-state index contributed by atoms with van der Waals surface area (Å²) in [5, 5.41) is 18.6. The monoisotopic (exact) mass is 388 g/mol. The fraction of sp³-hybridized carbons (Fsp3) is 0.200. The molecule has 0 spiro atoms. The molecule has 0 amide bonds. The lowest BCUT2D eigenvalue weighted by Crippen LogP contribution is -1.98. The summed E-state index contributed by atoms with van der Waals surface area (Å²) in [6, 6.07) is 10.1. The highest BCUT2D eigenvalue weighted by Gasteiger charge is 2.17. The van der Waals surface area contributed by atoms with Crippen molar-refractivity contribution in [2.45, 2.75) is 13.3 Å². The number of aromatic nitrogens is 6. The molecule has 3 aromatic heterocycles. The molecule has 1 aromatic carbocycles. The Morgan fingerprint density at radius 1 is 1.13 bits per heavy atom. The fourth-order valence-electron chi connectivity index (χ4n) is 2.39. The predicted molar refractivity (Wildman–Crippen MR) is 93.4 cm³/mol. The average molecular weight is 389 g/mol. The maximum atomic E-state index is 4.68. The Labute approximate surface area is 144 Å². The molecule has 0 aliphatic carbocycles. The van der Waals surface area contributed by atoms with Gasteiger partial charge in [-0.05, 0) is 24.6 Å². The van der Waals surface area contributed by atoms with Crippen LogP contribution in [0.1, 0.15) is 12.6 Å². The normalized spacial score (nSPS) is 11.4. The van der Waals surface area contributed by atoms with Crippen LogP contribution in [0.15, 0.2) is 34.8 Å². The van der Waals surface area contributed by atoms with Crippen LogP contribution in [-0.4, -0.2) is 29.6 Å². The molecule has 6 nitrogen and oxygen atoms in total. The largest absolute Gasteiger partial charge is 0.264 e. The lowest BCUT2D eigenvalue weighted by atomic mass is 10.2. The van der Waals surface area contributed by atoms with Crippen LogP contribution in [0, 0.1) is 0 Å². The van der Waals surface area contributed by atoms with Crippen molar-refractivity contribution >= 4 is 32.2 Å². The summed E-state index contributed by atoms with van der Waals surface area (Å²) in [5.74, 6) is 0.717. The standard InChI is InChI=1S/C15H13BrN6S/c1-3-11-8-12(21(2)19-11)13-17-18-15-22(13)20-14(23-15)9-4-6-10(16)7-5-9/h4-8H,3H2,1-2H3. The average Bonchev–Trinajstić information content (AvgIpc) is 3.21. The van der Waals surface area contributed by atoms with E-state index in [9.17, 15) is 0 Å². The van der Waals surface area contributed by atoms with Crippen LogP contribution in [0.3, 0.4) is 0 Å². The molecule has 0 atom stereocenters. The molecule has 0 unspecified atom stereocenters. The maximum Gasteiger partial charge on any atom is 0.235 e. The molecule has 116 valence electrons. The van der Waals surface area contributed by atoms with E-state index in [0.29, 0.717) is 5.82 Å². The summed E-state index contributed by atoms with van der Waals surface area (Å²) in [4.78, 5) is 0.775. The Kier molecular flexibility index (Phi) is 3.50. The Morgan fingerprint density at radius 2 is 1.91 bits per heavy atom. The van der Waals surface area contributed by atoms with Crippen molar-refractivity contribution in [3.8, 4) is 22.1 Å². The lowest BCUT2D eigenvalue weighted by molar-refractivity contribution is 0.744. The zero-order valence-electron chi connectivity index (χ0n) is 12.6. The zero-order chi connectivity index (χ0) is 16.0. The summed E-state index contributed by atoms with van der Waals surface area (Å²) in [6.45, 7) is 2.08. The molecule has 0 bridgehead atoms. The van der Waals surface area contributed by atoms with Gasteiger partial charge in [0.1, 0.15) is 10.7 Å². The Morgan fingerprint density at radius 3 is 2.61 bits per heavy atom. The molecule has 3 heterocycles. The van der Waals surface area contributed by atoms with Crippen molar-refractivity contribution in [2.75, 3.05) is 0 Å². The minimum atomic E-state index is 0.717. The number of rotatable bonds is 3. The van der Waals surface area contributed by atoms with Gasteiger partial charge in [0.2, 0.25) is 10.8 Å². The molecule has 0 radical (unpaired) electrons. The van der Waals surface area contributed by atoms with E-state index in [4.69, 9.17) is 0 Å². The van der Waals surface area contributed by atoms with Crippen LogP contribution in [0.5, 0.6) is 0 Å². The highest BCUT2D eigenvalue weighted by atomic mass is 79.9. The van der Waals surface area contributed by atoms with Gasteiger partial charge in [0, 0.05) is 17.1 Å². The maximum absolute atomic E-state index is 4.68. The van der Waals surface area contributed by atoms with Crippen molar-refractivity contribution < 1.29 is 0 Å². The van der Waals surface area contributed by atoms with E-state index in [0.717, 1.165) is 37.8 Å². The van der Waals surface area contributed by atoms with Crippen molar-refractivity contribution in [1.82, 2.24) is 29.6 Å². The third kappa shape index (κ3) is 2.47. The van der Waals surface area contributed by atoms with E-state index < -0.39 is 0 Å². The summed E-state index contributed by atoms with van der Waals surface area (Å²) < 4.78 is 4.67. The molecule has 4 rings (SSSR count). The molecular weight excluding hydrogens is 376 g/mol. The smallest absolute Gasteiger partial charge is 0.235 e. The second-order valence-corrected chi connectivity index (χ2v) is 7.00. The number of benzene rings is 1. The van der Waals surface area contributed by atoms with Crippen molar-refractivity contribution in [2.24, 2.45) is 7.05 Å². The Bertz CT molecular complexity index is 981. The first kappa shape index (κ1) is 14.5. The van der Waals surface area contributed by atoms with Crippen molar-refractivity contribution in [3.05, 3.63) is 40.5 Å². The number of hydrogen-bond donors (Lipinski definition) is 0. The second kappa shape index (κ2) is 5.54. The summed E-state index contributed by atoms with van der Waals surface area (Å²) in [7, 11) is 1.91. The number of hydrogen-bond acceptors (Lipinski definition) is 5. The van der Waals surface area contributed by atoms with E-state index >= 15 is 0 Å². The number of aryl methyl sites for hydroxylation is 2. The highest BCUT2D eigenvalue weighted by Crippen LogP contribution is 2.29. The van der Waals surface area contributed by atoms with Gasteiger partial charge in [-0.2, -0.15) is 14.7 Å². The van der Waals surface area contributed by atoms with Gasteiger partial charge >= 0.3 is 0 Å². The van der Waals surface area contributed by atoms with E-state index in [-0.39, 0.29) is 0 Å². The van der Waals surface area contributed by atoms with Crippen LogP contribution >= 0.6 is 27.3 Å². The van der Waals surface area contributed by atoms with Crippen LogP contribution in [-0.2, 0) is 13.5 Å². The van der Waals surface area contributed by atoms with Crippen molar-refractivity contribution in [1.29, 1.82) is 0 Å². The molecule has 4 aromatic rings. The minimum Gasteiger partial charge on any atom is -0.264 e. The Balaban J connectivity index is 1.83. The molecule has 8 heteroatoms. The second-order valence-electron chi connectivity index (χ2n) is 5.13. The highest BCUT2D eigenvalue weighted by molar-refractivity contribution is 9.10. The van der Waals surface area contributed by atoms with Gasteiger partial charge in [-0.25, -0.2) is 0 Å². The van der Waals surface area contributed by atoms with Crippen molar-refractivity contribution in [3.63, 3.8) is 0 Å². The zero-order valence-corrected chi connectivity index (χ0v) is 15.0. The molecule has 0 aliphatic rings. The van der Waals surface area contributed by atoms with Crippen LogP contribution < -0.4 is 0 Å². The molecule has 0 N–H and O–H groups in total. The van der Waals surface area contributed by atoms with E-state index in [1.807, 2.05) is 42.1 Å². The van der Waals surface area contributed by atoms with E-state index in [1.54, 1.807) is 4.52 Å². The van der Waals surface area contributed by atoms with Crippen LogP contribution in [0.2, 0.25) is 0 Å². The number of fused-ring (bicyclic) bond motifs is 1. The van der Waals surface area contributed by atoms with Crippen LogP contribution in [0.4, 0.5) is 0 Å². The first-order chi connectivity index (χ1) is 11.2. The molecule has 0 saturated carbocycles. The van der Waals surface area contributed by atoms with Gasteiger partial charge in [-0.15, -0.1) is 10.2 Å². The van der Waals surface area contributed by atoms with Gasteiger partial charge < -0.3 is 0 Å². The van der Waals surface area contributed by atoms with Gasteiger partial charge in [0.25, 0.3) is 0 Å². The van der Waals surface area contributed by atoms with E-state index in [2.05, 4.69) is 43.2 Å². The molecule has 0 saturated heterocycles. The predicted octanol–water partition coefficient (Wildman–Crippen LogP) is 3.58. The third-order valence-electron chi connectivity index (χ3n) is 3.60. The van der Waals surface area contributed by atoms with Gasteiger partial charge in [0.15, 0.2) is 0 Å². The molecule has 0 aliphatic heterocycles. The lowest BCUT2D eigenvalue weighted by Gasteiger charge is -1.97. The number of halogens is 1. The quantitative estimate of drug-likeness (QED) is 0.538. The summed E-state index contributed by atoms with van der Waals surface area (Å²) >= 11 is 4.97. The van der Waals surface area contributed by atoms with Gasteiger partial charge in [-0.1, -0.05) is 46.3 Å². The first-order valence-electron chi connectivity index (χ1n) is 7.17. The van der Waals surface area contributed by atoms with Gasteiger partial charge in [0.05, 0.1) is 5.69 Å². The van der Waals surface area contributed by atoms with E-state index in [1.165, 1.54) is 11.3 Å². The Hall–Kier alpha value is -2.06. The summed E-state index contributed by atoms with van der Waals surface area (Å²) in [6.07, 6.45) is 0.886. The first-order valence-corrected chi connectivity index (χ1v) is 8.78. The molecule has 0 fully saturated rings. The summed E-state index contributed by atoms with van der Waals surface area (Å²) in [5.41, 5.74) is 3.01. The SMILES string of the molecule is CCc1cc(-c2nnc3sc(-c4ccc(Br)cc4)nn23)n(C)n1. The third-order valence-corrected chi connectivity index (χ3v) is 5.08. The number of nitrogens with zero attached hydrogens (tertiary/aromatic N) is 6. The minimum absolute atomic E-state index is 0.717. The van der Waals surface area contributed by atoms with Gasteiger partial charge in [-0.3, -0.25) is 4.68 Å². The topological polar surface area (TPSA) is 60.9 Å². The molecular formula is C15H13BrN6S.